The maximum absolute atomic E-state index is 11.7. The van der Waals surface area contributed by atoms with E-state index in [0.717, 1.165) is 0 Å². The number of amides is 1. The third-order valence-electron chi connectivity index (χ3n) is 2.52. The molecule has 0 aromatic carbocycles. The summed E-state index contributed by atoms with van der Waals surface area (Å²) in [6, 6.07) is 0. The first-order valence-electron chi connectivity index (χ1n) is 5.78. The summed E-state index contributed by atoms with van der Waals surface area (Å²) >= 11 is 5.78. The van der Waals surface area contributed by atoms with E-state index in [0.29, 0.717) is 12.8 Å². The predicted molar refractivity (Wildman–Crippen MR) is 70.8 cm³/mol. The lowest BCUT2D eigenvalue weighted by molar-refractivity contribution is 0.121. The van der Waals surface area contributed by atoms with E-state index in [1.165, 1.54) is 0 Å². The Morgan fingerprint density at radius 3 is 2.17 bits per heavy atom. The van der Waals surface area contributed by atoms with Gasteiger partial charge in [-0.1, -0.05) is 13.8 Å². The van der Waals surface area contributed by atoms with Crippen molar-refractivity contribution in [1.82, 2.24) is 9.44 Å². The quantitative estimate of drug-likeness (QED) is 0.702. The van der Waals surface area contributed by atoms with Gasteiger partial charge in [0.25, 0.3) is 0 Å². The largest absolute Gasteiger partial charge is 0.446 e. The van der Waals surface area contributed by atoms with Gasteiger partial charge in [-0.05, 0) is 26.7 Å². The fourth-order valence-electron chi connectivity index (χ4n) is 1.27. The molecule has 0 aliphatic heterocycles. The van der Waals surface area contributed by atoms with E-state index in [9.17, 15) is 13.2 Å². The first kappa shape index (κ1) is 17.5. The highest BCUT2D eigenvalue weighted by molar-refractivity contribution is 7.88. The van der Waals surface area contributed by atoms with Crippen LogP contribution in [0, 0.1) is 0 Å². The molecule has 0 fully saturated rings. The molecule has 18 heavy (non-hydrogen) atoms. The van der Waals surface area contributed by atoms with Crippen molar-refractivity contribution in [3.63, 3.8) is 0 Å². The summed E-state index contributed by atoms with van der Waals surface area (Å²) in [4.78, 5) is 11.2. The van der Waals surface area contributed by atoms with Crippen molar-refractivity contribution in [2.45, 2.75) is 52.2 Å². The Balaban J connectivity index is 4.70. The number of carbonyl (C=O) groups excluding carboxylic acids is 1. The summed E-state index contributed by atoms with van der Waals surface area (Å²) in [5.41, 5.74) is -0.758. The van der Waals surface area contributed by atoms with Crippen LogP contribution in [0.3, 0.4) is 0 Å². The second-order valence-electron chi connectivity index (χ2n) is 4.28. The molecule has 0 spiro atoms. The van der Waals surface area contributed by atoms with Gasteiger partial charge >= 0.3 is 16.3 Å². The van der Waals surface area contributed by atoms with Crippen molar-refractivity contribution in [3.05, 3.63) is 0 Å². The number of hydrogen-bond donors (Lipinski definition) is 2. The second kappa shape index (κ2) is 7.16. The highest BCUT2D eigenvalue weighted by atomic mass is 35.5. The first-order valence-corrected chi connectivity index (χ1v) is 7.80. The average Bonchev–Trinajstić information content (AvgIpc) is 2.24. The van der Waals surface area contributed by atoms with Crippen LogP contribution in [-0.4, -0.2) is 32.0 Å². The fourth-order valence-corrected chi connectivity index (χ4v) is 3.04. The SMILES string of the molecule is CCC(CC)(CCl)NS(=O)(=O)NC(=O)OC(C)C. The summed E-state index contributed by atoms with van der Waals surface area (Å²) in [5, 5.41) is 0. The van der Waals surface area contributed by atoms with Gasteiger partial charge in [-0.2, -0.15) is 13.1 Å². The molecule has 2 N–H and O–H groups in total. The van der Waals surface area contributed by atoms with Crippen LogP contribution in [0.5, 0.6) is 0 Å². The van der Waals surface area contributed by atoms with Gasteiger partial charge in [0.2, 0.25) is 0 Å². The van der Waals surface area contributed by atoms with Crippen molar-refractivity contribution in [3.8, 4) is 0 Å². The molecule has 0 aliphatic carbocycles. The summed E-state index contributed by atoms with van der Waals surface area (Å²) in [5.74, 6) is 0.125. The molecule has 0 rings (SSSR count). The van der Waals surface area contributed by atoms with Crippen LogP contribution in [0.15, 0.2) is 0 Å². The lowest BCUT2D eigenvalue weighted by atomic mass is 9.97. The van der Waals surface area contributed by atoms with E-state index < -0.39 is 27.9 Å². The summed E-state index contributed by atoms with van der Waals surface area (Å²) < 4.78 is 32.3. The van der Waals surface area contributed by atoms with Gasteiger partial charge in [0.15, 0.2) is 0 Å². The molecule has 0 saturated carbocycles. The number of nitrogens with one attached hydrogen (secondary N) is 2. The van der Waals surface area contributed by atoms with Gasteiger partial charge in [0.05, 0.1) is 6.10 Å². The zero-order chi connectivity index (χ0) is 14.4. The maximum Gasteiger partial charge on any atom is 0.422 e. The monoisotopic (exact) mass is 300 g/mol. The summed E-state index contributed by atoms with van der Waals surface area (Å²) in [6.07, 6.45) is -0.358. The molecule has 0 unspecified atom stereocenters. The highest BCUT2D eigenvalue weighted by Gasteiger charge is 2.31. The van der Waals surface area contributed by atoms with Gasteiger partial charge in [-0.25, -0.2) is 9.52 Å². The molecule has 0 aromatic rings. The standard InChI is InChI=1S/C10H21ClN2O4S/c1-5-10(6-2,7-11)13-18(15,16)12-9(14)17-8(3)4/h8,13H,5-7H2,1-4H3,(H,12,14). The molecule has 0 bridgehead atoms. The van der Waals surface area contributed by atoms with E-state index in [-0.39, 0.29) is 5.88 Å². The fraction of sp³-hybridized carbons (Fsp3) is 0.900. The lowest BCUT2D eigenvalue weighted by Gasteiger charge is -2.29. The molecule has 0 saturated heterocycles. The van der Waals surface area contributed by atoms with Crippen molar-refractivity contribution < 1.29 is 17.9 Å². The van der Waals surface area contributed by atoms with E-state index in [2.05, 4.69) is 4.72 Å². The van der Waals surface area contributed by atoms with Gasteiger partial charge in [0, 0.05) is 11.4 Å². The number of rotatable bonds is 7. The van der Waals surface area contributed by atoms with Crippen molar-refractivity contribution >= 4 is 27.9 Å². The lowest BCUT2D eigenvalue weighted by Crippen LogP contribution is -2.54. The second-order valence-corrected chi connectivity index (χ2v) is 5.97. The molecule has 8 heteroatoms. The summed E-state index contributed by atoms with van der Waals surface area (Å²) in [6.45, 7) is 6.89. The van der Waals surface area contributed by atoms with Crippen molar-refractivity contribution in [1.29, 1.82) is 0 Å². The Bertz CT molecular complexity index is 358. The van der Waals surface area contributed by atoms with Crippen LogP contribution >= 0.6 is 11.6 Å². The van der Waals surface area contributed by atoms with Crippen LogP contribution in [-0.2, 0) is 14.9 Å². The van der Waals surface area contributed by atoms with Gasteiger partial charge < -0.3 is 4.74 Å². The zero-order valence-electron chi connectivity index (χ0n) is 11.1. The number of hydrogen-bond acceptors (Lipinski definition) is 4. The highest BCUT2D eigenvalue weighted by Crippen LogP contribution is 2.17. The van der Waals surface area contributed by atoms with Gasteiger partial charge in [0.1, 0.15) is 0 Å². The molecule has 0 heterocycles. The van der Waals surface area contributed by atoms with Gasteiger partial charge in [-0.3, -0.25) is 0 Å². The normalized spacial score (nSPS) is 12.6. The topological polar surface area (TPSA) is 84.5 Å². The minimum absolute atomic E-state index is 0.125. The molecule has 0 atom stereocenters. The molecule has 0 aromatic heterocycles. The Morgan fingerprint density at radius 1 is 1.33 bits per heavy atom. The number of carbonyl (C=O) groups is 1. The number of halogens is 1. The van der Waals surface area contributed by atoms with Crippen LogP contribution in [0.2, 0.25) is 0 Å². The molecule has 0 radical (unpaired) electrons. The minimum atomic E-state index is -3.98. The molecule has 6 nitrogen and oxygen atoms in total. The molecule has 108 valence electrons. The molecule has 0 aliphatic rings. The van der Waals surface area contributed by atoms with Crippen LogP contribution < -0.4 is 9.44 Å². The van der Waals surface area contributed by atoms with E-state index in [1.807, 2.05) is 13.8 Å². The molecular weight excluding hydrogens is 280 g/mol. The molecular formula is C10H21ClN2O4S. The van der Waals surface area contributed by atoms with Crippen LogP contribution in [0.4, 0.5) is 4.79 Å². The Hall–Kier alpha value is -0.530. The Morgan fingerprint density at radius 2 is 1.83 bits per heavy atom. The summed E-state index contributed by atoms with van der Waals surface area (Å²) in [7, 11) is -3.98. The Labute approximate surface area is 114 Å². The van der Waals surface area contributed by atoms with E-state index in [4.69, 9.17) is 16.3 Å². The van der Waals surface area contributed by atoms with Crippen LogP contribution in [0.25, 0.3) is 0 Å². The smallest absolute Gasteiger partial charge is 0.422 e. The van der Waals surface area contributed by atoms with Crippen molar-refractivity contribution in [2.24, 2.45) is 0 Å². The maximum atomic E-state index is 11.7. The van der Waals surface area contributed by atoms with Crippen LogP contribution in [0.1, 0.15) is 40.5 Å². The average molecular weight is 301 g/mol. The molecule has 1 amide bonds. The first-order chi connectivity index (χ1) is 8.20. The van der Waals surface area contributed by atoms with E-state index >= 15 is 0 Å². The third-order valence-corrected chi connectivity index (χ3v) is 4.17. The minimum Gasteiger partial charge on any atom is -0.446 e. The van der Waals surface area contributed by atoms with Gasteiger partial charge in [-0.15, -0.1) is 11.6 Å². The number of ether oxygens (including phenoxy) is 1. The Kier molecular flexibility index (Phi) is 6.94. The third kappa shape index (κ3) is 5.88. The van der Waals surface area contributed by atoms with E-state index in [1.54, 1.807) is 18.6 Å². The number of alkyl halides is 1. The van der Waals surface area contributed by atoms with Crippen molar-refractivity contribution in [2.75, 3.05) is 5.88 Å². The predicted octanol–water partition coefficient (Wildman–Crippen LogP) is 1.75. The zero-order valence-corrected chi connectivity index (χ0v) is 12.7.